The Morgan fingerprint density at radius 2 is 1.88 bits per heavy atom. The van der Waals surface area contributed by atoms with Crippen LogP contribution in [-0.2, 0) is 4.79 Å². The van der Waals surface area contributed by atoms with Gasteiger partial charge >= 0.3 is 0 Å². The average Bonchev–Trinajstić information content (AvgIpc) is 2.26. The molecule has 0 atom stereocenters. The highest BCUT2D eigenvalue weighted by Gasteiger charge is 2.13. The molecule has 1 amide bonds. The second-order valence-corrected chi connectivity index (χ2v) is 4.13. The van der Waals surface area contributed by atoms with Crippen LogP contribution in [0.4, 0.5) is 5.69 Å². The summed E-state index contributed by atoms with van der Waals surface area (Å²) in [7, 11) is 0. The zero-order valence-corrected chi connectivity index (χ0v) is 10.3. The number of hydrogen-bond acceptors (Lipinski definition) is 1. The SMILES string of the molecule is C=C(C)CN(C(=O)CC)c1ccc(C)cc1. The molecule has 1 rings (SSSR count). The molecule has 16 heavy (non-hydrogen) atoms. The number of anilines is 1. The van der Waals surface area contributed by atoms with Crippen LogP contribution in [0.5, 0.6) is 0 Å². The van der Waals surface area contributed by atoms with Crippen LogP contribution in [0.15, 0.2) is 36.4 Å². The smallest absolute Gasteiger partial charge is 0.227 e. The molecule has 0 aromatic heterocycles. The molecule has 86 valence electrons. The van der Waals surface area contributed by atoms with Gasteiger partial charge in [-0.3, -0.25) is 4.79 Å². The molecule has 0 aliphatic heterocycles. The summed E-state index contributed by atoms with van der Waals surface area (Å²) in [6, 6.07) is 7.99. The Hall–Kier alpha value is -1.57. The minimum absolute atomic E-state index is 0.131. The molecule has 0 N–H and O–H groups in total. The highest BCUT2D eigenvalue weighted by Crippen LogP contribution is 2.17. The second kappa shape index (κ2) is 5.50. The van der Waals surface area contributed by atoms with Crippen LogP contribution >= 0.6 is 0 Å². The fourth-order valence-corrected chi connectivity index (χ4v) is 1.51. The van der Waals surface area contributed by atoms with E-state index in [2.05, 4.69) is 6.58 Å². The van der Waals surface area contributed by atoms with Gasteiger partial charge in [0, 0.05) is 18.7 Å². The van der Waals surface area contributed by atoms with Crippen LogP contribution in [0.25, 0.3) is 0 Å². The summed E-state index contributed by atoms with van der Waals surface area (Å²) < 4.78 is 0. The van der Waals surface area contributed by atoms with Crippen molar-refractivity contribution in [1.29, 1.82) is 0 Å². The first-order valence-electron chi connectivity index (χ1n) is 5.56. The molecule has 0 saturated heterocycles. The van der Waals surface area contributed by atoms with Crippen molar-refractivity contribution in [3.05, 3.63) is 42.0 Å². The maximum atomic E-state index is 11.8. The highest BCUT2D eigenvalue weighted by molar-refractivity contribution is 5.93. The fraction of sp³-hybridized carbons (Fsp3) is 0.357. The summed E-state index contributed by atoms with van der Waals surface area (Å²) in [4.78, 5) is 13.6. The van der Waals surface area contributed by atoms with E-state index >= 15 is 0 Å². The topological polar surface area (TPSA) is 20.3 Å². The summed E-state index contributed by atoms with van der Waals surface area (Å²) >= 11 is 0. The van der Waals surface area contributed by atoms with Crippen molar-refractivity contribution in [2.24, 2.45) is 0 Å². The van der Waals surface area contributed by atoms with Crippen molar-refractivity contribution in [3.8, 4) is 0 Å². The Morgan fingerprint density at radius 1 is 1.31 bits per heavy atom. The summed E-state index contributed by atoms with van der Waals surface area (Å²) in [6.07, 6.45) is 0.515. The Bertz CT molecular complexity index is 378. The minimum Gasteiger partial charge on any atom is -0.308 e. The van der Waals surface area contributed by atoms with Gasteiger partial charge in [0.15, 0.2) is 0 Å². The number of nitrogens with zero attached hydrogens (tertiary/aromatic N) is 1. The van der Waals surface area contributed by atoms with Crippen molar-refractivity contribution >= 4 is 11.6 Å². The van der Waals surface area contributed by atoms with Crippen LogP contribution in [0, 0.1) is 6.92 Å². The van der Waals surface area contributed by atoms with Crippen molar-refractivity contribution in [1.82, 2.24) is 0 Å². The largest absolute Gasteiger partial charge is 0.308 e. The van der Waals surface area contributed by atoms with Crippen LogP contribution < -0.4 is 4.90 Å². The summed E-state index contributed by atoms with van der Waals surface area (Å²) in [5.41, 5.74) is 3.13. The molecule has 0 unspecified atom stereocenters. The number of carbonyl (C=O) groups excluding carboxylic acids is 1. The van der Waals surface area contributed by atoms with E-state index in [1.165, 1.54) is 5.56 Å². The van der Waals surface area contributed by atoms with Gasteiger partial charge in [-0.25, -0.2) is 0 Å². The highest BCUT2D eigenvalue weighted by atomic mass is 16.2. The third-order valence-corrected chi connectivity index (χ3v) is 2.38. The molecular formula is C14H19NO. The van der Waals surface area contributed by atoms with Crippen LogP contribution in [0.1, 0.15) is 25.8 Å². The van der Waals surface area contributed by atoms with Crippen LogP contribution in [0.3, 0.4) is 0 Å². The lowest BCUT2D eigenvalue weighted by Crippen LogP contribution is -2.31. The lowest BCUT2D eigenvalue weighted by Gasteiger charge is -2.22. The molecule has 0 aliphatic carbocycles. The predicted octanol–water partition coefficient (Wildman–Crippen LogP) is 3.31. The van der Waals surface area contributed by atoms with E-state index < -0.39 is 0 Å². The average molecular weight is 217 g/mol. The molecule has 0 fully saturated rings. The zero-order valence-electron chi connectivity index (χ0n) is 10.3. The van der Waals surface area contributed by atoms with Gasteiger partial charge in [-0.05, 0) is 26.0 Å². The number of amides is 1. The van der Waals surface area contributed by atoms with Gasteiger partial charge in [0.25, 0.3) is 0 Å². The summed E-state index contributed by atoms with van der Waals surface area (Å²) in [5.74, 6) is 0.131. The van der Waals surface area contributed by atoms with Crippen molar-refractivity contribution < 1.29 is 4.79 Å². The molecule has 0 radical (unpaired) electrons. The third kappa shape index (κ3) is 3.23. The number of hydrogen-bond donors (Lipinski definition) is 0. The number of benzene rings is 1. The van der Waals surface area contributed by atoms with E-state index in [0.29, 0.717) is 13.0 Å². The van der Waals surface area contributed by atoms with Gasteiger partial charge in [-0.2, -0.15) is 0 Å². The molecule has 0 aliphatic rings. The van der Waals surface area contributed by atoms with E-state index in [1.807, 2.05) is 45.0 Å². The monoisotopic (exact) mass is 217 g/mol. The van der Waals surface area contributed by atoms with E-state index in [0.717, 1.165) is 11.3 Å². The molecule has 1 aromatic carbocycles. The number of rotatable bonds is 4. The molecule has 2 nitrogen and oxygen atoms in total. The maximum absolute atomic E-state index is 11.8. The number of carbonyl (C=O) groups is 1. The molecule has 0 bridgehead atoms. The Kier molecular flexibility index (Phi) is 4.29. The van der Waals surface area contributed by atoms with Gasteiger partial charge in [0.2, 0.25) is 5.91 Å². The third-order valence-electron chi connectivity index (χ3n) is 2.38. The Labute approximate surface area is 97.6 Å². The van der Waals surface area contributed by atoms with E-state index in [1.54, 1.807) is 4.90 Å². The molecule has 0 heterocycles. The van der Waals surface area contributed by atoms with Gasteiger partial charge in [-0.1, -0.05) is 36.8 Å². The van der Waals surface area contributed by atoms with E-state index in [9.17, 15) is 4.79 Å². The fourth-order valence-electron chi connectivity index (χ4n) is 1.51. The first-order chi connectivity index (χ1) is 7.54. The predicted molar refractivity (Wildman–Crippen MR) is 68.6 cm³/mol. The summed E-state index contributed by atoms with van der Waals surface area (Å²) in [6.45, 7) is 10.3. The zero-order chi connectivity index (χ0) is 12.1. The maximum Gasteiger partial charge on any atom is 0.227 e. The summed E-state index contributed by atoms with van der Waals surface area (Å²) in [5, 5.41) is 0. The van der Waals surface area contributed by atoms with E-state index in [-0.39, 0.29) is 5.91 Å². The van der Waals surface area contributed by atoms with Gasteiger partial charge in [-0.15, -0.1) is 0 Å². The van der Waals surface area contributed by atoms with Crippen LogP contribution in [-0.4, -0.2) is 12.5 Å². The standard InChI is InChI=1S/C14H19NO/c1-5-14(16)15(10-11(2)3)13-8-6-12(4)7-9-13/h6-9H,2,5,10H2,1,3-4H3. The molecular weight excluding hydrogens is 198 g/mol. The molecule has 2 heteroatoms. The van der Waals surface area contributed by atoms with E-state index in [4.69, 9.17) is 0 Å². The van der Waals surface area contributed by atoms with Crippen molar-refractivity contribution in [2.75, 3.05) is 11.4 Å². The van der Waals surface area contributed by atoms with Crippen LogP contribution in [0.2, 0.25) is 0 Å². The molecule has 0 spiro atoms. The minimum atomic E-state index is 0.131. The second-order valence-electron chi connectivity index (χ2n) is 4.13. The first kappa shape index (κ1) is 12.5. The molecule has 1 aromatic rings. The Balaban J connectivity index is 2.96. The van der Waals surface area contributed by atoms with Gasteiger partial charge in [0.05, 0.1) is 0 Å². The van der Waals surface area contributed by atoms with Crippen molar-refractivity contribution in [2.45, 2.75) is 27.2 Å². The van der Waals surface area contributed by atoms with Gasteiger partial charge in [0.1, 0.15) is 0 Å². The Morgan fingerprint density at radius 3 is 2.31 bits per heavy atom. The van der Waals surface area contributed by atoms with Gasteiger partial charge < -0.3 is 4.90 Å². The lowest BCUT2D eigenvalue weighted by molar-refractivity contribution is -0.118. The normalized spacial score (nSPS) is 9.94. The molecule has 0 saturated carbocycles. The first-order valence-corrected chi connectivity index (χ1v) is 5.56. The number of aryl methyl sites for hydroxylation is 1. The quantitative estimate of drug-likeness (QED) is 0.708. The lowest BCUT2D eigenvalue weighted by atomic mass is 10.2. The van der Waals surface area contributed by atoms with Crippen molar-refractivity contribution in [3.63, 3.8) is 0 Å².